The second-order valence-corrected chi connectivity index (χ2v) is 5.26. The van der Waals surface area contributed by atoms with Crippen molar-refractivity contribution in [1.29, 1.82) is 0 Å². The van der Waals surface area contributed by atoms with Crippen LogP contribution in [0.3, 0.4) is 0 Å². The lowest BCUT2D eigenvalue weighted by Crippen LogP contribution is -2.26. The molecule has 0 N–H and O–H groups in total. The van der Waals surface area contributed by atoms with Gasteiger partial charge in [-0.3, -0.25) is 0 Å². The zero-order chi connectivity index (χ0) is 12.9. The third-order valence-corrected chi connectivity index (χ3v) is 3.88. The molecule has 19 heavy (non-hydrogen) atoms. The highest BCUT2D eigenvalue weighted by Crippen LogP contribution is 2.32. The molecule has 1 atom stereocenters. The summed E-state index contributed by atoms with van der Waals surface area (Å²) in [5.41, 5.74) is 2.82. The van der Waals surface area contributed by atoms with Gasteiger partial charge in [-0.1, -0.05) is 24.3 Å². The van der Waals surface area contributed by atoms with Crippen LogP contribution in [0.5, 0.6) is 0 Å². The number of aryl methyl sites for hydroxylation is 1. The largest absolute Gasteiger partial charge is 0.373 e. The minimum absolute atomic E-state index is 0.0624. The average Bonchev–Trinajstić information content (AvgIpc) is 2.49. The van der Waals surface area contributed by atoms with Gasteiger partial charge in [-0.05, 0) is 36.8 Å². The molecule has 1 aromatic carbocycles. The fourth-order valence-corrected chi connectivity index (χ4v) is 2.89. The van der Waals surface area contributed by atoms with Crippen LogP contribution in [0.25, 0.3) is 0 Å². The van der Waals surface area contributed by atoms with Crippen molar-refractivity contribution >= 4 is 0 Å². The van der Waals surface area contributed by atoms with Crippen molar-refractivity contribution in [2.45, 2.75) is 44.5 Å². The Morgan fingerprint density at radius 1 is 1.11 bits per heavy atom. The molecule has 3 nitrogen and oxygen atoms in total. The first kappa shape index (κ1) is 13.1. The molecule has 0 amide bonds. The van der Waals surface area contributed by atoms with Gasteiger partial charge in [0.15, 0.2) is 6.29 Å². The van der Waals surface area contributed by atoms with Crippen molar-refractivity contribution in [3.05, 3.63) is 35.4 Å². The summed E-state index contributed by atoms with van der Waals surface area (Å²) in [6, 6.07) is 8.64. The second kappa shape index (κ2) is 6.51. The Kier molecular flexibility index (Phi) is 4.49. The molecule has 1 heterocycles. The number of fused-ring (bicyclic) bond motifs is 1. The molecule has 0 saturated carbocycles. The van der Waals surface area contributed by atoms with Gasteiger partial charge >= 0.3 is 0 Å². The van der Waals surface area contributed by atoms with Crippen molar-refractivity contribution in [3.8, 4) is 0 Å². The zero-order valence-corrected chi connectivity index (χ0v) is 11.3. The second-order valence-electron chi connectivity index (χ2n) is 5.26. The van der Waals surface area contributed by atoms with E-state index in [1.54, 1.807) is 0 Å². The van der Waals surface area contributed by atoms with E-state index < -0.39 is 0 Å². The minimum atomic E-state index is -0.0624. The molecule has 1 saturated heterocycles. The van der Waals surface area contributed by atoms with Gasteiger partial charge in [0.25, 0.3) is 0 Å². The van der Waals surface area contributed by atoms with Crippen molar-refractivity contribution < 1.29 is 14.2 Å². The van der Waals surface area contributed by atoms with Crippen LogP contribution in [0.15, 0.2) is 24.3 Å². The van der Waals surface area contributed by atoms with E-state index in [0.29, 0.717) is 6.61 Å². The van der Waals surface area contributed by atoms with E-state index in [-0.39, 0.29) is 12.4 Å². The molecule has 0 spiro atoms. The maximum atomic E-state index is 6.05. The summed E-state index contributed by atoms with van der Waals surface area (Å²) in [7, 11) is 0. The van der Waals surface area contributed by atoms with E-state index in [2.05, 4.69) is 24.3 Å². The quantitative estimate of drug-likeness (QED) is 0.833. The van der Waals surface area contributed by atoms with Crippen LogP contribution < -0.4 is 0 Å². The first-order chi connectivity index (χ1) is 9.43. The molecule has 3 rings (SSSR count). The molecule has 0 radical (unpaired) electrons. The van der Waals surface area contributed by atoms with Gasteiger partial charge in [-0.2, -0.15) is 0 Å². The highest BCUT2D eigenvalue weighted by Gasteiger charge is 2.21. The van der Waals surface area contributed by atoms with Crippen molar-refractivity contribution in [2.24, 2.45) is 0 Å². The topological polar surface area (TPSA) is 27.7 Å². The number of ether oxygens (including phenoxy) is 3. The van der Waals surface area contributed by atoms with Gasteiger partial charge < -0.3 is 14.2 Å². The predicted octanol–water partition coefficient (Wildman–Crippen LogP) is 3.23. The summed E-state index contributed by atoms with van der Waals surface area (Å²) >= 11 is 0. The molecule has 1 aliphatic carbocycles. The van der Waals surface area contributed by atoms with Gasteiger partial charge in [0.2, 0.25) is 0 Å². The lowest BCUT2D eigenvalue weighted by molar-refractivity contribution is -0.188. The van der Waals surface area contributed by atoms with Crippen LogP contribution >= 0.6 is 0 Å². The minimum Gasteiger partial charge on any atom is -0.373 e. The van der Waals surface area contributed by atoms with Crippen LogP contribution in [-0.2, 0) is 20.6 Å². The molecule has 1 aliphatic heterocycles. The highest BCUT2D eigenvalue weighted by atomic mass is 16.7. The third kappa shape index (κ3) is 3.35. The number of benzene rings is 1. The molecule has 104 valence electrons. The van der Waals surface area contributed by atoms with E-state index >= 15 is 0 Å². The Bertz CT molecular complexity index is 399. The predicted molar refractivity (Wildman–Crippen MR) is 73.0 cm³/mol. The number of hydrogen-bond donors (Lipinski definition) is 0. The Morgan fingerprint density at radius 2 is 1.95 bits per heavy atom. The first-order valence-corrected chi connectivity index (χ1v) is 7.36. The van der Waals surface area contributed by atoms with E-state index in [1.165, 1.54) is 24.0 Å². The Morgan fingerprint density at radius 3 is 2.84 bits per heavy atom. The normalized spacial score (nSPS) is 24.1. The zero-order valence-electron chi connectivity index (χ0n) is 11.3. The summed E-state index contributed by atoms with van der Waals surface area (Å²) in [5.74, 6) is 0. The summed E-state index contributed by atoms with van der Waals surface area (Å²) in [6.07, 6.45) is 5.57. The van der Waals surface area contributed by atoms with Crippen LogP contribution in [0, 0.1) is 0 Å². The van der Waals surface area contributed by atoms with E-state index in [9.17, 15) is 0 Å². The Balaban J connectivity index is 1.50. The van der Waals surface area contributed by atoms with Gasteiger partial charge in [-0.25, -0.2) is 0 Å². The van der Waals surface area contributed by atoms with Crippen LogP contribution in [0.2, 0.25) is 0 Å². The molecular formula is C16H22O3. The smallest absolute Gasteiger partial charge is 0.159 e. The SMILES string of the molecule is c1ccc2c(c1)CCCC2OCCC1OCCCO1. The number of rotatable bonds is 4. The van der Waals surface area contributed by atoms with Crippen LogP contribution in [-0.4, -0.2) is 26.1 Å². The maximum Gasteiger partial charge on any atom is 0.159 e. The van der Waals surface area contributed by atoms with Crippen molar-refractivity contribution in [2.75, 3.05) is 19.8 Å². The van der Waals surface area contributed by atoms with Gasteiger partial charge in [0.1, 0.15) is 0 Å². The fourth-order valence-electron chi connectivity index (χ4n) is 2.89. The third-order valence-electron chi connectivity index (χ3n) is 3.88. The standard InChI is InChI=1S/C16H22O3/c1-2-7-14-13(5-1)6-3-8-15(14)17-12-9-16-18-10-4-11-19-16/h1-2,5,7,15-16H,3-4,6,8-12H2. The molecule has 0 aromatic heterocycles. The molecular weight excluding hydrogens is 240 g/mol. The Hall–Kier alpha value is -0.900. The highest BCUT2D eigenvalue weighted by molar-refractivity contribution is 5.31. The van der Waals surface area contributed by atoms with E-state index in [1.807, 2.05) is 0 Å². The summed E-state index contributed by atoms with van der Waals surface area (Å²) in [6.45, 7) is 2.34. The van der Waals surface area contributed by atoms with Crippen molar-refractivity contribution in [3.63, 3.8) is 0 Å². The molecule has 1 fully saturated rings. The molecule has 2 aliphatic rings. The molecule has 1 aromatic rings. The first-order valence-electron chi connectivity index (χ1n) is 7.36. The fraction of sp³-hybridized carbons (Fsp3) is 0.625. The summed E-state index contributed by atoms with van der Waals surface area (Å²) in [5, 5.41) is 0. The van der Waals surface area contributed by atoms with E-state index in [4.69, 9.17) is 14.2 Å². The van der Waals surface area contributed by atoms with Gasteiger partial charge in [0, 0.05) is 6.42 Å². The van der Waals surface area contributed by atoms with E-state index in [0.717, 1.165) is 32.5 Å². The van der Waals surface area contributed by atoms with Crippen LogP contribution in [0.4, 0.5) is 0 Å². The molecule has 0 bridgehead atoms. The Labute approximate surface area is 114 Å². The molecule has 3 heteroatoms. The molecule has 1 unspecified atom stereocenters. The lowest BCUT2D eigenvalue weighted by atomic mass is 9.89. The maximum absolute atomic E-state index is 6.05. The van der Waals surface area contributed by atoms with Crippen LogP contribution in [0.1, 0.15) is 42.9 Å². The van der Waals surface area contributed by atoms with Gasteiger partial charge in [-0.15, -0.1) is 0 Å². The lowest BCUT2D eigenvalue weighted by Gasteiger charge is -2.27. The number of hydrogen-bond acceptors (Lipinski definition) is 3. The van der Waals surface area contributed by atoms with Gasteiger partial charge in [0.05, 0.1) is 25.9 Å². The van der Waals surface area contributed by atoms with Crippen molar-refractivity contribution in [1.82, 2.24) is 0 Å². The average molecular weight is 262 g/mol. The summed E-state index contributed by atoms with van der Waals surface area (Å²) < 4.78 is 17.1. The summed E-state index contributed by atoms with van der Waals surface area (Å²) in [4.78, 5) is 0. The monoisotopic (exact) mass is 262 g/mol.